The highest BCUT2D eigenvalue weighted by atomic mass is 32.2. The van der Waals surface area contributed by atoms with Crippen LogP contribution in [0.4, 0.5) is 11.4 Å². The van der Waals surface area contributed by atoms with Crippen molar-refractivity contribution in [3.63, 3.8) is 0 Å². The number of sulfonamides is 1. The Kier molecular flexibility index (Phi) is 4.52. The SMILES string of the molecule is CC(C)n1cncc1CNc1cccc(NS(C)(=O)=O)c1. The van der Waals surface area contributed by atoms with Crippen molar-refractivity contribution in [2.24, 2.45) is 0 Å². The topological polar surface area (TPSA) is 76.0 Å². The summed E-state index contributed by atoms with van der Waals surface area (Å²) in [6, 6.07) is 7.52. The van der Waals surface area contributed by atoms with Gasteiger partial charge in [-0.3, -0.25) is 4.72 Å². The average molecular weight is 308 g/mol. The van der Waals surface area contributed by atoms with E-state index in [4.69, 9.17) is 0 Å². The third kappa shape index (κ3) is 4.49. The molecule has 0 atom stereocenters. The molecule has 0 saturated heterocycles. The Bertz CT molecular complexity index is 707. The molecule has 0 spiro atoms. The van der Waals surface area contributed by atoms with E-state index in [0.29, 0.717) is 18.3 Å². The molecule has 7 heteroatoms. The number of rotatable bonds is 6. The minimum Gasteiger partial charge on any atom is -0.379 e. The van der Waals surface area contributed by atoms with Crippen LogP contribution in [0.3, 0.4) is 0 Å². The van der Waals surface area contributed by atoms with Crippen molar-refractivity contribution in [1.82, 2.24) is 9.55 Å². The number of hydrogen-bond donors (Lipinski definition) is 2. The zero-order valence-electron chi connectivity index (χ0n) is 12.4. The first-order valence-corrected chi connectivity index (χ1v) is 8.57. The number of anilines is 2. The van der Waals surface area contributed by atoms with Crippen LogP contribution in [0.5, 0.6) is 0 Å². The Morgan fingerprint density at radius 1 is 1.29 bits per heavy atom. The van der Waals surface area contributed by atoms with E-state index in [0.717, 1.165) is 17.6 Å². The molecular formula is C14H20N4O2S. The zero-order valence-corrected chi connectivity index (χ0v) is 13.2. The molecule has 0 aliphatic carbocycles. The molecule has 1 heterocycles. The molecule has 0 fully saturated rings. The summed E-state index contributed by atoms with van der Waals surface area (Å²) in [6.45, 7) is 4.82. The second-order valence-electron chi connectivity index (χ2n) is 5.19. The Morgan fingerprint density at radius 2 is 2.00 bits per heavy atom. The van der Waals surface area contributed by atoms with Gasteiger partial charge in [0.2, 0.25) is 10.0 Å². The van der Waals surface area contributed by atoms with E-state index in [1.165, 1.54) is 0 Å². The Morgan fingerprint density at radius 3 is 2.67 bits per heavy atom. The fourth-order valence-corrected chi connectivity index (χ4v) is 2.59. The van der Waals surface area contributed by atoms with E-state index < -0.39 is 10.0 Å². The van der Waals surface area contributed by atoms with Gasteiger partial charge in [0.15, 0.2) is 0 Å². The molecule has 1 aromatic carbocycles. The zero-order chi connectivity index (χ0) is 15.5. The largest absolute Gasteiger partial charge is 0.379 e. The predicted octanol–water partition coefficient (Wildman–Crippen LogP) is 2.45. The van der Waals surface area contributed by atoms with Gasteiger partial charge in [0.05, 0.1) is 30.5 Å². The van der Waals surface area contributed by atoms with Crippen molar-refractivity contribution in [3.8, 4) is 0 Å². The van der Waals surface area contributed by atoms with Gasteiger partial charge in [-0.2, -0.15) is 0 Å². The maximum absolute atomic E-state index is 11.2. The Balaban J connectivity index is 2.07. The van der Waals surface area contributed by atoms with Crippen LogP contribution in [0.1, 0.15) is 25.6 Å². The van der Waals surface area contributed by atoms with E-state index >= 15 is 0 Å². The first kappa shape index (κ1) is 15.4. The predicted molar refractivity (Wildman–Crippen MR) is 84.8 cm³/mol. The summed E-state index contributed by atoms with van der Waals surface area (Å²) >= 11 is 0. The second-order valence-corrected chi connectivity index (χ2v) is 6.94. The molecule has 1 aromatic heterocycles. The van der Waals surface area contributed by atoms with Gasteiger partial charge in [-0.25, -0.2) is 13.4 Å². The Hall–Kier alpha value is -2.02. The van der Waals surface area contributed by atoms with E-state index in [1.54, 1.807) is 18.2 Å². The van der Waals surface area contributed by atoms with Crippen LogP contribution in [0.2, 0.25) is 0 Å². The fourth-order valence-electron chi connectivity index (χ4n) is 2.03. The summed E-state index contributed by atoms with van der Waals surface area (Å²) in [6.07, 6.45) is 4.77. The van der Waals surface area contributed by atoms with Gasteiger partial charge in [-0.05, 0) is 32.0 Å². The number of imidazole rings is 1. The molecule has 0 saturated carbocycles. The third-order valence-corrected chi connectivity index (χ3v) is 3.55. The lowest BCUT2D eigenvalue weighted by atomic mass is 10.2. The van der Waals surface area contributed by atoms with Gasteiger partial charge in [0, 0.05) is 17.9 Å². The van der Waals surface area contributed by atoms with E-state index in [-0.39, 0.29) is 0 Å². The average Bonchev–Trinajstić information content (AvgIpc) is 2.83. The lowest BCUT2D eigenvalue weighted by molar-refractivity contribution is 0.577. The molecule has 2 rings (SSSR count). The molecule has 0 aliphatic rings. The van der Waals surface area contributed by atoms with Crippen LogP contribution in [0.15, 0.2) is 36.8 Å². The van der Waals surface area contributed by atoms with Crippen LogP contribution in [-0.2, 0) is 16.6 Å². The minimum atomic E-state index is -3.26. The fraction of sp³-hybridized carbons (Fsp3) is 0.357. The number of nitrogens with one attached hydrogen (secondary N) is 2. The first-order chi connectivity index (χ1) is 9.85. The smallest absolute Gasteiger partial charge is 0.229 e. The molecule has 6 nitrogen and oxygen atoms in total. The summed E-state index contributed by atoms with van der Waals surface area (Å²) in [5.41, 5.74) is 2.46. The summed E-state index contributed by atoms with van der Waals surface area (Å²) in [5, 5.41) is 3.27. The van der Waals surface area contributed by atoms with Crippen molar-refractivity contribution in [2.45, 2.75) is 26.4 Å². The van der Waals surface area contributed by atoms with E-state index in [9.17, 15) is 8.42 Å². The van der Waals surface area contributed by atoms with Gasteiger partial charge >= 0.3 is 0 Å². The first-order valence-electron chi connectivity index (χ1n) is 6.67. The Labute approximate surface area is 125 Å². The summed E-state index contributed by atoms with van der Waals surface area (Å²) in [5.74, 6) is 0. The van der Waals surface area contributed by atoms with Crippen LogP contribution in [0, 0.1) is 0 Å². The molecule has 0 unspecified atom stereocenters. The highest BCUT2D eigenvalue weighted by molar-refractivity contribution is 7.92. The van der Waals surface area contributed by atoms with Crippen LogP contribution < -0.4 is 10.0 Å². The molecule has 21 heavy (non-hydrogen) atoms. The third-order valence-electron chi connectivity index (χ3n) is 2.94. The maximum Gasteiger partial charge on any atom is 0.229 e. The molecule has 0 radical (unpaired) electrons. The highest BCUT2D eigenvalue weighted by Crippen LogP contribution is 2.17. The van der Waals surface area contributed by atoms with Crippen molar-refractivity contribution in [2.75, 3.05) is 16.3 Å². The number of aromatic nitrogens is 2. The molecule has 0 amide bonds. The van der Waals surface area contributed by atoms with Gasteiger partial charge in [-0.1, -0.05) is 6.07 Å². The van der Waals surface area contributed by atoms with Gasteiger partial charge in [-0.15, -0.1) is 0 Å². The van der Waals surface area contributed by atoms with E-state index in [2.05, 4.69) is 33.4 Å². The van der Waals surface area contributed by atoms with Crippen LogP contribution in [0.25, 0.3) is 0 Å². The molecule has 0 aliphatic heterocycles. The van der Waals surface area contributed by atoms with Crippen LogP contribution >= 0.6 is 0 Å². The second kappa shape index (κ2) is 6.17. The van der Waals surface area contributed by atoms with Gasteiger partial charge < -0.3 is 9.88 Å². The highest BCUT2D eigenvalue weighted by Gasteiger charge is 2.06. The van der Waals surface area contributed by atoms with Gasteiger partial charge in [0.25, 0.3) is 0 Å². The monoisotopic (exact) mass is 308 g/mol. The van der Waals surface area contributed by atoms with Crippen LogP contribution in [-0.4, -0.2) is 24.2 Å². The normalized spacial score (nSPS) is 11.6. The van der Waals surface area contributed by atoms with Gasteiger partial charge in [0.1, 0.15) is 0 Å². The van der Waals surface area contributed by atoms with Crippen molar-refractivity contribution in [1.29, 1.82) is 0 Å². The molecule has 114 valence electrons. The quantitative estimate of drug-likeness (QED) is 0.859. The van der Waals surface area contributed by atoms with Crippen molar-refractivity contribution in [3.05, 3.63) is 42.5 Å². The lowest BCUT2D eigenvalue weighted by Crippen LogP contribution is -2.10. The summed E-state index contributed by atoms with van der Waals surface area (Å²) in [4.78, 5) is 4.15. The van der Waals surface area contributed by atoms with E-state index in [1.807, 2.05) is 18.6 Å². The standard InChI is InChI=1S/C14H20N4O2S/c1-11(2)18-10-15-8-14(18)9-16-12-5-4-6-13(7-12)17-21(3,19)20/h4-8,10-11,16-17H,9H2,1-3H3. The summed E-state index contributed by atoms with van der Waals surface area (Å²) in [7, 11) is -3.26. The number of benzene rings is 1. The molecule has 0 bridgehead atoms. The lowest BCUT2D eigenvalue weighted by Gasteiger charge is -2.13. The van der Waals surface area contributed by atoms with Crippen molar-refractivity contribution < 1.29 is 8.42 Å². The number of nitrogens with zero attached hydrogens (tertiary/aromatic N) is 2. The molecule has 2 N–H and O–H groups in total. The molecular weight excluding hydrogens is 288 g/mol. The van der Waals surface area contributed by atoms with Crippen molar-refractivity contribution >= 4 is 21.4 Å². The molecule has 2 aromatic rings. The minimum absolute atomic E-state index is 0.350. The number of hydrogen-bond acceptors (Lipinski definition) is 4. The maximum atomic E-state index is 11.2. The summed E-state index contributed by atoms with van der Waals surface area (Å²) < 4.78 is 27.0.